The third kappa shape index (κ3) is 5.14. The molecular weight excluding hydrogens is 366 g/mol. The molecule has 2 N–H and O–H groups in total. The van der Waals surface area contributed by atoms with E-state index in [0.29, 0.717) is 16.9 Å². The summed E-state index contributed by atoms with van der Waals surface area (Å²) in [7, 11) is 0. The third-order valence-corrected chi connectivity index (χ3v) is 3.31. The predicted octanol–water partition coefficient (Wildman–Crippen LogP) is 5.20. The Kier molecular flexibility index (Phi) is 5.69. The fourth-order valence-corrected chi connectivity index (χ4v) is 1.98. The molecule has 0 unspecified atom stereocenters. The molecule has 2 aromatic rings. The number of urea groups is 1. The van der Waals surface area contributed by atoms with E-state index in [0.717, 1.165) is 6.07 Å². The van der Waals surface area contributed by atoms with Gasteiger partial charge in [-0.1, -0.05) is 23.2 Å². The van der Waals surface area contributed by atoms with E-state index in [2.05, 4.69) is 15.6 Å². The topological polar surface area (TPSA) is 54.0 Å². The first-order chi connectivity index (χ1) is 11.3. The van der Waals surface area contributed by atoms with Crippen molar-refractivity contribution in [2.75, 3.05) is 5.32 Å². The molecule has 126 valence electrons. The summed E-state index contributed by atoms with van der Waals surface area (Å²) >= 11 is 11.5. The molecule has 0 radical (unpaired) electrons. The molecule has 4 nitrogen and oxygen atoms in total. The molecule has 0 aliphatic rings. The van der Waals surface area contributed by atoms with Gasteiger partial charge in [0.25, 0.3) is 0 Å². The fraction of sp³-hybridized carbons (Fsp3) is 0.0667. The molecule has 24 heavy (non-hydrogen) atoms. The van der Waals surface area contributed by atoms with Crippen LogP contribution in [-0.4, -0.2) is 11.0 Å². The minimum absolute atomic E-state index is 0.0939. The number of nitrogens with one attached hydrogen (secondary N) is 2. The second-order valence-corrected chi connectivity index (χ2v) is 5.37. The number of alkyl halides is 3. The van der Waals surface area contributed by atoms with Crippen molar-refractivity contribution in [3.8, 4) is 0 Å². The van der Waals surface area contributed by atoms with E-state index in [9.17, 15) is 18.0 Å². The van der Waals surface area contributed by atoms with Crippen LogP contribution in [0, 0.1) is 0 Å². The second kappa shape index (κ2) is 7.55. The van der Waals surface area contributed by atoms with Crippen molar-refractivity contribution >= 4 is 41.0 Å². The first kappa shape index (κ1) is 18.1. The van der Waals surface area contributed by atoms with Gasteiger partial charge in [-0.2, -0.15) is 13.2 Å². The number of benzene rings is 1. The van der Waals surface area contributed by atoms with Gasteiger partial charge < -0.3 is 10.6 Å². The zero-order valence-electron chi connectivity index (χ0n) is 11.9. The minimum atomic E-state index is -4.52. The van der Waals surface area contributed by atoms with E-state index in [4.69, 9.17) is 23.2 Å². The van der Waals surface area contributed by atoms with Crippen LogP contribution in [0.5, 0.6) is 0 Å². The van der Waals surface area contributed by atoms with Crippen LogP contribution >= 0.6 is 23.2 Å². The van der Waals surface area contributed by atoms with Crippen molar-refractivity contribution in [1.29, 1.82) is 0 Å². The van der Waals surface area contributed by atoms with Gasteiger partial charge in [-0.3, -0.25) is 4.98 Å². The largest absolute Gasteiger partial charge is 0.417 e. The summed E-state index contributed by atoms with van der Waals surface area (Å²) in [6.07, 6.45) is -1.36. The molecule has 9 heteroatoms. The Balaban J connectivity index is 1.96. The van der Waals surface area contributed by atoms with Crippen molar-refractivity contribution in [2.24, 2.45) is 0 Å². The van der Waals surface area contributed by atoms with Crippen LogP contribution in [-0.2, 0) is 6.18 Å². The van der Waals surface area contributed by atoms with Gasteiger partial charge >= 0.3 is 12.2 Å². The predicted molar refractivity (Wildman–Crippen MR) is 86.9 cm³/mol. The number of rotatable bonds is 3. The highest BCUT2D eigenvalue weighted by Crippen LogP contribution is 2.31. The molecule has 2 amide bonds. The minimum Gasteiger partial charge on any atom is -0.314 e. The molecule has 1 aromatic carbocycles. The Morgan fingerprint density at radius 3 is 2.42 bits per heavy atom. The summed E-state index contributed by atoms with van der Waals surface area (Å²) in [5, 5.41) is 5.27. The van der Waals surface area contributed by atoms with Gasteiger partial charge in [0.1, 0.15) is 0 Å². The van der Waals surface area contributed by atoms with Crippen molar-refractivity contribution in [3.63, 3.8) is 0 Å². The maximum atomic E-state index is 12.5. The smallest absolute Gasteiger partial charge is 0.314 e. The molecule has 1 aromatic heterocycles. The lowest BCUT2D eigenvalue weighted by Gasteiger charge is -2.07. The highest BCUT2D eigenvalue weighted by molar-refractivity contribution is 6.32. The highest BCUT2D eigenvalue weighted by Gasteiger charge is 2.31. The number of nitrogens with zero attached hydrogens (tertiary/aromatic N) is 1. The number of halogens is 5. The number of pyridine rings is 1. The summed E-state index contributed by atoms with van der Waals surface area (Å²) in [5.41, 5.74) is -0.328. The molecule has 0 saturated carbocycles. The van der Waals surface area contributed by atoms with E-state index in [-0.39, 0.29) is 10.7 Å². The van der Waals surface area contributed by atoms with Gasteiger partial charge in [0.05, 0.1) is 16.3 Å². The Hall–Kier alpha value is -2.25. The number of aromatic nitrogens is 1. The van der Waals surface area contributed by atoms with Crippen LogP contribution in [0.4, 0.5) is 23.7 Å². The van der Waals surface area contributed by atoms with Gasteiger partial charge in [-0.25, -0.2) is 4.79 Å². The quantitative estimate of drug-likeness (QED) is 0.774. The lowest BCUT2D eigenvalue weighted by Crippen LogP contribution is -2.23. The van der Waals surface area contributed by atoms with E-state index in [1.54, 1.807) is 24.3 Å². The summed E-state index contributed by atoms with van der Waals surface area (Å²) in [5.74, 6) is 0. The molecule has 0 aliphatic heterocycles. The monoisotopic (exact) mass is 375 g/mol. The maximum absolute atomic E-state index is 12.5. The first-order valence-electron chi connectivity index (χ1n) is 6.48. The Bertz CT molecular complexity index is 762. The standard InChI is InChI=1S/C15H10Cl2F3N3O/c16-10-1-3-11(4-2-10)23-14(24)21-6-5-13-12(17)7-9(8-22-13)15(18,19)20/h1-8H,(H2,21,23,24)/b6-5+. The van der Waals surface area contributed by atoms with E-state index >= 15 is 0 Å². The molecule has 0 spiro atoms. The number of carbonyl (C=O) groups excluding carboxylic acids is 1. The number of carbonyl (C=O) groups is 1. The molecular formula is C15H10Cl2F3N3O. The normalized spacial score (nSPS) is 11.5. The lowest BCUT2D eigenvalue weighted by molar-refractivity contribution is -0.137. The van der Waals surface area contributed by atoms with Crippen LogP contribution in [0.2, 0.25) is 10.0 Å². The number of hydrogen-bond acceptors (Lipinski definition) is 2. The molecule has 0 fully saturated rings. The Morgan fingerprint density at radius 1 is 1.17 bits per heavy atom. The molecule has 0 bridgehead atoms. The van der Waals surface area contributed by atoms with Crippen LogP contribution in [0.1, 0.15) is 11.3 Å². The van der Waals surface area contributed by atoms with E-state index in [1.165, 1.54) is 12.3 Å². The summed E-state index contributed by atoms with van der Waals surface area (Å²) < 4.78 is 37.5. The molecule has 0 saturated heterocycles. The number of anilines is 1. The molecule has 1 heterocycles. The summed E-state index contributed by atoms with van der Waals surface area (Å²) in [4.78, 5) is 15.3. The lowest BCUT2D eigenvalue weighted by atomic mass is 10.2. The van der Waals surface area contributed by atoms with Gasteiger partial charge in [0, 0.05) is 23.1 Å². The van der Waals surface area contributed by atoms with Gasteiger partial charge in [-0.15, -0.1) is 0 Å². The second-order valence-electron chi connectivity index (χ2n) is 4.53. The number of amides is 2. The fourth-order valence-electron chi connectivity index (χ4n) is 1.62. The Labute approximate surface area is 145 Å². The zero-order valence-corrected chi connectivity index (χ0v) is 13.4. The number of hydrogen-bond donors (Lipinski definition) is 2. The van der Waals surface area contributed by atoms with Gasteiger partial charge in [0.2, 0.25) is 0 Å². The maximum Gasteiger partial charge on any atom is 0.417 e. The van der Waals surface area contributed by atoms with E-state index < -0.39 is 17.8 Å². The van der Waals surface area contributed by atoms with Crippen LogP contribution in [0.25, 0.3) is 6.08 Å². The van der Waals surface area contributed by atoms with Crippen molar-refractivity contribution in [3.05, 3.63) is 64.0 Å². The average Bonchev–Trinajstić information content (AvgIpc) is 2.50. The molecule has 2 rings (SSSR count). The van der Waals surface area contributed by atoms with Gasteiger partial charge in [-0.05, 0) is 36.4 Å². The van der Waals surface area contributed by atoms with E-state index in [1.807, 2.05) is 0 Å². The first-order valence-corrected chi connectivity index (χ1v) is 7.23. The zero-order chi connectivity index (χ0) is 17.7. The highest BCUT2D eigenvalue weighted by atomic mass is 35.5. The van der Waals surface area contributed by atoms with Crippen molar-refractivity contribution in [1.82, 2.24) is 10.3 Å². The third-order valence-electron chi connectivity index (χ3n) is 2.75. The molecule has 0 aliphatic carbocycles. The van der Waals surface area contributed by atoms with Crippen molar-refractivity contribution < 1.29 is 18.0 Å². The van der Waals surface area contributed by atoms with Crippen LogP contribution in [0.3, 0.4) is 0 Å². The molecule has 0 atom stereocenters. The average molecular weight is 376 g/mol. The summed E-state index contributed by atoms with van der Waals surface area (Å²) in [6, 6.07) is 6.66. The van der Waals surface area contributed by atoms with Crippen LogP contribution < -0.4 is 10.6 Å². The summed E-state index contributed by atoms with van der Waals surface area (Å²) in [6.45, 7) is 0. The SMILES string of the molecule is O=C(N/C=C/c1ncc(C(F)(F)F)cc1Cl)Nc1ccc(Cl)cc1. The van der Waals surface area contributed by atoms with Crippen molar-refractivity contribution in [2.45, 2.75) is 6.18 Å². The Morgan fingerprint density at radius 2 is 1.83 bits per heavy atom. The van der Waals surface area contributed by atoms with Crippen LogP contribution in [0.15, 0.2) is 42.7 Å². The van der Waals surface area contributed by atoms with Gasteiger partial charge in [0.15, 0.2) is 0 Å².